The van der Waals surface area contributed by atoms with Crippen molar-refractivity contribution in [1.82, 2.24) is 5.32 Å². The molecule has 1 nitrogen and oxygen atoms in total. The Morgan fingerprint density at radius 2 is 1.86 bits per heavy atom. The first kappa shape index (κ1) is 18.0. The Bertz CT molecular complexity index is 371. The van der Waals surface area contributed by atoms with Crippen LogP contribution in [0.2, 0.25) is 0 Å². The van der Waals surface area contributed by atoms with Gasteiger partial charge in [-0.3, -0.25) is 0 Å². The molecule has 3 unspecified atom stereocenters. The number of hydrogen-bond acceptors (Lipinski definition) is 1. The van der Waals surface area contributed by atoms with E-state index in [1.54, 1.807) is 0 Å². The number of rotatable bonds is 11. The lowest BCUT2D eigenvalue weighted by molar-refractivity contribution is 0.327. The highest BCUT2D eigenvalue weighted by atomic mass is 14.9. The van der Waals surface area contributed by atoms with Crippen LogP contribution in [0.1, 0.15) is 63.9 Å². The van der Waals surface area contributed by atoms with Crippen LogP contribution in [0.15, 0.2) is 43.0 Å². The highest BCUT2D eigenvalue weighted by Gasteiger charge is 2.25. The third kappa shape index (κ3) is 6.05. The van der Waals surface area contributed by atoms with Crippen LogP contribution >= 0.6 is 0 Å². The standard InChI is InChI=1S/C20H33N/c1-5-7-8-9-13-16-19(21-4)20(17(3)6-2)18-14-11-10-12-15-18/h5,10-12,14-15,17,19-21H,1,6-9,13,16H2,2-4H3. The maximum Gasteiger partial charge on any atom is 0.0135 e. The average Bonchev–Trinajstić information content (AvgIpc) is 2.54. The summed E-state index contributed by atoms with van der Waals surface area (Å²) >= 11 is 0. The summed E-state index contributed by atoms with van der Waals surface area (Å²) in [5.74, 6) is 1.32. The van der Waals surface area contributed by atoms with E-state index in [2.05, 4.69) is 63.1 Å². The minimum absolute atomic E-state index is 0.575. The van der Waals surface area contributed by atoms with Crippen LogP contribution in [0.4, 0.5) is 0 Å². The summed E-state index contributed by atoms with van der Waals surface area (Å²) in [4.78, 5) is 0. The third-order valence-corrected chi connectivity index (χ3v) is 4.67. The molecule has 3 atom stereocenters. The molecular formula is C20H33N. The number of benzene rings is 1. The minimum atomic E-state index is 0.575. The molecule has 1 heteroatoms. The van der Waals surface area contributed by atoms with Gasteiger partial charge < -0.3 is 5.32 Å². The van der Waals surface area contributed by atoms with E-state index in [9.17, 15) is 0 Å². The zero-order valence-electron chi connectivity index (χ0n) is 14.1. The maximum atomic E-state index is 3.80. The molecule has 0 saturated carbocycles. The molecule has 0 spiro atoms. The Hall–Kier alpha value is -1.08. The van der Waals surface area contributed by atoms with Gasteiger partial charge in [0.1, 0.15) is 0 Å². The van der Waals surface area contributed by atoms with Crippen molar-refractivity contribution in [1.29, 1.82) is 0 Å². The Morgan fingerprint density at radius 1 is 1.14 bits per heavy atom. The zero-order valence-corrected chi connectivity index (χ0v) is 14.1. The molecule has 118 valence electrons. The van der Waals surface area contributed by atoms with E-state index in [-0.39, 0.29) is 0 Å². The normalized spacial score (nSPS) is 15.4. The molecule has 1 rings (SSSR count). The van der Waals surface area contributed by atoms with Gasteiger partial charge in [-0.15, -0.1) is 6.58 Å². The molecule has 0 radical (unpaired) electrons. The first-order valence-electron chi connectivity index (χ1n) is 8.57. The van der Waals surface area contributed by atoms with Gasteiger partial charge in [-0.1, -0.05) is 69.5 Å². The predicted octanol–water partition coefficient (Wildman–Crippen LogP) is 5.54. The molecule has 0 saturated heterocycles. The molecule has 0 amide bonds. The quantitative estimate of drug-likeness (QED) is 0.416. The van der Waals surface area contributed by atoms with Crippen molar-refractivity contribution < 1.29 is 0 Å². The van der Waals surface area contributed by atoms with E-state index in [1.807, 2.05) is 6.08 Å². The van der Waals surface area contributed by atoms with Crippen LogP contribution < -0.4 is 5.32 Å². The summed E-state index contributed by atoms with van der Waals surface area (Å²) < 4.78 is 0. The van der Waals surface area contributed by atoms with Gasteiger partial charge in [0, 0.05) is 12.0 Å². The van der Waals surface area contributed by atoms with Crippen molar-refractivity contribution in [2.24, 2.45) is 5.92 Å². The first-order chi connectivity index (χ1) is 10.2. The SMILES string of the molecule is C=CCCCCCC(NC)C(c1ccccc1)C(C)CC. The lowest BCUT2D eigenvalue weighted by Crippen LogP contribution is -2.35. The number of likely N-dealkylation sites (N-methyl/N-ethyl adjacent to an activating group) is 1. The summed E-state index contributed by atoms with van der Waals surface area (Å²) in [5.41, 5.74) is 1.48. The summed E-state index contributed by atoms with van der Waals surface area (Å²) in [7, 11) is 2.12. The second-order valence-electron chi connectivity index (χ2n) is 6.14. The van der Waals surface area contributed by atoms with Gasteiger partial charge in [0.05, 0.1) is 0 Å². The highest BCUT2D eigenvalue weighted by molar-refractivity contribution is 5.22. The van der Waals surface area contributed by atoms with Crippen LogP contribution in [-0.4, -0.2) is 13.1 Å². The van der Waals surface area contributed by atoms with E-state index in [0.29, 0.717) is 17.9 Å². The number of nitrogens with one attached hydrogen (secondary N) is 1. The smallest absolute Gasteiger partial charge is 0.0135 e. The fourth-order valence-corrected chi connectivity index (χ4v) is 3.22. The van der Waals surface area contributed by atoms with Crippen LogP contribution in [0, 0.1) is 5.92 Å². The van der Waals surface area contributed by atoms with Crippen LogP contribution in [-0.2, 0) is 0 Å². The number of allylic oxidation sites excluding steroid dienone is 1. The van der Waals surface area contributed by atoms with Gasteiger partial charge in [0.2, 0.25) is 0 Å². The van der Waals surface area contributed by atoms with E-state index in [0.717, 1.165) is 6.42 Å². The molecule has 0 bridgehead atoms. The van der Waals surface area contributed by atoms with Crippen LogP contribution in [0.5, 0.6) is 0 Å². The first-order valence-corrected chi connectivity index (χ1v) is 8.57. The van der Waals surface area contributed by atoms with Gasteiger partial charge in [-0.05, 0) is 37.8 Å². The van der Waals surface area contributed by atoms with Gasteiger partial charge in [-0.2, -0.15) is 0 Å². The van der Waals surface area contributed by atoms with Gasteiger partial charge in [-0.25, -0.2) is 0 Å². The molecule has 0 aliphatic heterocycles. The molecule has 1 aromatic rings. The molecule has 0 aliphatic rings. The third-order valence-electron chi connectivity index (χ3n) is 4.67. The topological polar surface area (TPSA) is 12.0 Å². The minimum Gasteiger partial charge on any atom is -0.316 e. The summed E-state index contributed by atoms with van der Waals surface area (Å²) in [6.07, 6.45) is 9.57. The predicted molar refractivity (Wildman–Crippen MR) is 94.8 cm³/mol. The lowest BCUT2D eigenvalue weighted by atomic mass is 9.78. The van der Waals surface area contributed by atoms with E-state index < -0.39 is 0 Å². The van der Waals surface area contributed by atoms with Gasteiger partial charge in [0.15, 0.2) is 0 Å². The number of unbranched alkanes of at least 4 members (excludes halogenated alkanes) is 3. The van der Waals surface area contributed by atoms with E-state index >= 15 is 0 Å². The van der Waals surface area contributed by atoms with Crippen LogP contribution in [0.25, 0.3) is 0 Å². The fourth-order valence-electron chi connectivity index (χ4n) is 3.22. The van der Waals surface area contributed by atoms with Crippen molar-refractivity contribution in [3.05, 3.63) is 48.6 Å². The van der Waals surface area contributed by atoms with E-state index in [1.165, 1.54) is 37.7 Å². The summed E-state index contributed by atoms with van der Waals surface area (Å²) in [6, 6.07) is 11.6. The maximum absolute atomic E-state index is 3.80. The summed E-state index contributed by atoms with van der Waals surface area (Å²) in [5, 5.41) is 3.59. The fraction of sp³-hybridized carbons (Fsp3) is 0.600. The Balaban J connectivity index is 2.68. The second kappa shape index (κ2) is 10.6. The molecule has 1 N–H and O–H groups in total. The second-order valence-corrected chi connectivity index (χ2v) is 6.14. The van der Waals surface area contributed by atoms with Gasteiger partial charge in [0.25, 0.3) is 0 Å². The van der Waals surface area contributed by atoms with E-state index in [4.69, 9.17) is 0 Å². The summed E-state index contributed by atoms with van der Waals surface area (Å²) in [6.45, 7) is 8.49. The Kier molecular flexibility index (Phi) is 9.09. The molecule has 0 aliphatic carbocycles. The molecule has 0 aromatic heterocycles. The molecule has 21 heavy (non-hydrogen) atoms. The van der Waals surface area contributed by atoms with Gasteiger partial charge >= 0.3 is 0 Å². The van der Waals surface area contributed by atoms with Crippen molar-refractivity contribution in [2.45, 2.75) is 64.3 Å². The number of hydrogen-bond donors (Lipinski definition) is 1. The zero-order chi connectivity index (χ0) is 15.5. The monoisotopic (exact) mass is 287 g/mol. The Labute approximate surface area is 131 Å². The van der Waals surface area contributed by atoms with Crippen molar-refractivity contribution in [3.8, 4) is 0 Å². The average molecular weight is 287 g/mol. The highest BCUT2D eigenvalue weighted by Crippen LogP contribution is 2.32. The van der Waals surface area contributed by atoms with Crippen molar-refractivity contribution in [3.63, 3.8) is 0 Å². The molecular weight excluding hydrogens is 254 g/mol. The Morgan fingerprint density at radius 3 is 2.43 bits per heavy atom. The molecule has 1 aromatic carbocycles. The molecule has 0 heterocycles. The van der Waals surface area contributed by atoms with Crippen molar-refractivity contribution in [2.75, 3.05) is 7.05 Å². The van der Waals surface area contributed by atoms with Crippen molar-refractivity contribution >= 4 is 0 Å². The largest absolute Gasteiger partial charge is 0.316 e. The molecule has 0 fully saturated rings. The lowest BCUT2D eigenvalue weighted by Gasteiger charge is -2.32. The van der Waals surface area contributed by atoms with Crippen LogP contribution in [0.3, 0.4) is 0 Å².